The Kier molecular flexibility index (Phi) is 9.15. The predicted molar refractivity (Wildman–Crippen MR) is 152 cm³/mol. The van der Waals surface area contributed by atoms with Gasteiger partial charge in [-0.05, 0) is 6.42 Å². The predicted octanol–water partition coefficient (Wildman–Crippen LogP) is -2.51. The molecule has 0 radical (unpaired) electrons. The van der Waals surface area contributed by atoms with Crippen molar-refractivity contribution in [3.05, 3.63) is 35.0 Å². The minimum absolute atomic E-state index is 0.0592. The molecule has 21 nitrogen and oxygen atoms in total. The average Bonchev–Trinajstić information content (AvgIpc) is 3.77. The van der Waals surface area contributed by atoms with Crippen LogP contribution in [0.5, 0.6) is 0 Å². The van der Waals surface area contributed by atoms with Crippen molar-refractivity contribution in [2.24, 2.45) is 0 Å². The number of hydrogen-bond acceptors (Lipinski definition) is 17. The van der Waals surface area contributed by atoms with Crippen LogP contribution in [0.4, 0.5) is 5.95 Å². The largest absolute Gasteiger partial charge is 0.472 e. The quantitative estimate of drug-likeness (QED) is 0.0766. The average molecular weight is 670 g/mol. The first kappa shape index (κ1) is 32.5. The van der Waals surface area contributed by atoms with Gasteiger partial charge in [0, 0.05) is 20.1 Å². The van der Waals surface area contributed by atoms with Gasteiger partial charge in [0.25, 0.3) is 5.56 Å². The highest BCUT2D eigenvalue weighted by Crippen LogP contribution is 2.50. The zero-order valence-electron chi connectivity index (χ0n) is 24.1. The third-order valence-electron chi connectivity index (χ3n) is 7.70. The van der Waals surface area contributed by atoms with Gasteiger partial charge in [-0.15, -0.1) is 0 Å². The molecule has 22 heteroatoms. The van der Waals surface area contributed by atoms with Crippen molar-refractivity contribution >= 4 is 36.1 Å². The van der Waals surface area contributed by atoms with Gasteiger partial charge >= 0.3 is 7.82 Å². The molecule has 2 saturated heterocycles. The van der Waals surface area contributed by atoms with E-state index in [4.69, 9.17) is 29.0 Å². The summed E-state index contributed by atoms with van der Waals surface area (Å²) < 4.78 is 43.0. The van der Waals surface area contributed by atoms with Crippen LogP contribution in [0.2, 0.25) is 0 Å². The van der Waals surface area contributed by atoms with Gasteiger partial charge in [-0.2, -0.15) is 4.98 Å². The number of hydrogen-bond donors (Lipinski definition) is 7. The fourth-order valence-corrected chi connectivity index (χ4v) is 6.40. The van der Waals surface area contributed by atoms with Crippen molar-refractivity contribution in [2.75, 3.05) is 32.7 Å². The monoisotopic (exact) mass is 669 g/mol. The number of aliphatic hydroxyl groups is 4. The lowest BCUT2D eigenvalue weighted by Crippen LogP contribution is -2.35. The van der Waals surface area contributed by atoms with E-state index in [1.54, 1.807) is 7.11 Å². The molecule has 0 amide bonds. The lowest BCUT2D eigenvalue weighted by atomic mass is 10.1. The van der Waals surface area contributed by atoms with Crippen LogP contribution >= 0.6 is 7.82 Å². The lowest BCUT2D eigenvalue weighted by Gasteiger charge is -2.25. The summed E-state index contributed by atoms with van der Waals surface area (Å²) >= 11 is 0. The van der Waals surface area contributed by atoms with Gasteiger partial charge in [0.2, 0.25) is 5.95 Å². The number of imidazole rings is 2. The number of nitrogens with one attached hydrogen (secondary N) is 1. The van der Waals surface area contributed by atoms with E-state index < -0.39 is 75.7 Å². The molecule has 0 spiro atoms. The summed E-state index contributed by atoms with van der Waals surface area (Å²) in [6, 6.07) is 0. The highest BCUT2D eigenvalue weighted by atomic mass is 31.2. The van der Waals surface area contributed by atoms with Gasteiger partial charge in [0.05, 0.1) is 37.7 Å². The van der Waals surface area contributed by atoms with Crippen molar-refractivity contribution in [3.8, 4) is 0 Å². The number of fused-ring (bicyclic) bond motifs is 2. The molecule has 0 aliphatic carbocycles. The van der Waals surface area contributed by atoms with E-state index in [9.17, 15) is 34.7 Å². The van der Waals surface area contributed by atoms with Gasteiger partial charge < -0.3 is 45.3 Å². The first-order valence-electron chi connectivity index (χ1n) is 14.0. The van der Waals surface area contributed by atoms with E-state index in [-0.39, 0.29) is 23.5 Å². The third kappa shape index (κ3) is 6.02. The molecule has 2 fully saturated rings. The number of phosphoric acid groups is 1. The van der Waals surface area contributed by atoms with Crippen LogP contribution in [-0.2, 0) is 34.2 Å². The summed E-state index contributed by atoms with van der Waals surface area (Å²) in [5.41, 5.74) is 6.20. The van der Waals surface area contributed by atoms with Crippen molar-refractivity contribution in [2.45, 2.75) is 61.9 Å². The summed E-state index contributed by atoms with van der Waals surface area (Å²) in [4.78, 5) is 46.0. The fraction of sp³-hybridized carbons (Fsp3) is 0.583. The molecule has 4 aromatic heterocycles. The number of anilines is 1. The topological polar surface area (TPSA) is 298 Å². The van der Waals surface area contributed by atoms with Gasteiger partial charge in [0.1, 0.15) is 42.4 Å². The van der Waals surface area contributed by atoms with Crippen LogP contribution in [0.25, 0.3) is 22.3 Å². The molecular weight excluding hydrogens is 637 g/mol. The van der Waals surface area contributed by atoms with Crippen LogP contribution in [0, 0.1) is 0 Å². The van der Waals surface area contributed by atoms with Gasteiger partial charge in [-0.3, -0.25) is 28.0 Å². The number of rotatable bonds is 12. The highest BCUT2D eigenvalue weighted by molar-refractivity contribution is 7.47. The zero-order valence-corrected chi connectivity index (χ0v) is 25.0. The molecule has 8 N–H and O–H groups in total. The molecule has 1 unspecified atom stereocenters. The second-order valence-corrected chi connectivity index (χ2v) is 12.0. The molecule has 0 aromatic carbocycles. The van der Waals surface area contributed by atoms with Crippen LogP contribution in [0.1, 0.15) is 24.6 Å². The fourth-order valence-electron chi connectivity index (χ4n) is 5.47. The molecule has 250 valence electrons. The van der Waals surface area contributed by atoms with E-state index in [0.29, 0.717) is 29.9 Å². The standard InChI is InChI=1S/C24H32N9O12P/c1-41-5-3-10-13-19(27-7-26-10)32(8-28-13)22-17(37)15(35)12(44-22)6-42-46(39,40)45-18-16(36)11(2-4-34)43-23(18)33-9-29-14-20(33)30-24(25)31-21(14)38/h7-9,11-12,15-18,22-23,34-37H,2-6H2,1H3,(H,39,40)(H3,25,30,31,38)/t11-,12-,15-,16-,17-,18-,22-,23-/m1/s1. The molecule has 0 bridgehead atoms. The van der Waals surface area contributed by atoms with E-state index in [2.05, 4.69) is 29.9 Å². The van der Waals surface area contributed by atoms with E-state index in [0.717, 1.165) is 6.33 Å². The Morgan fingerprint density at radius 2 is 1.72 bits per heavy atom. The van der Waals surface area contributed by atoms with Crippen molar-refractivity contribution < 1.29 is 53.1 Å². The minimum Gasteiger partial charge on any atom is -0.396 e. The molecule has 0 saturated carbocycles. The molecule has 2 aliphatic heterocycles. The summed E-state index contributed by atoms with van der Waals surface area (Å²) in [5.74, 6) is -0.239. The van der Waals surface area contributed by atoms with Crippen molar-refractivity contribution in [1.29, 1.82) is 0 Å². The summed E-state index contributed by atoms with van der Waals surface area (Å²) in [6.07, 6.45) is -6.92. The number of aromatic nitrogens is 8. The maximum atomic E-state index is 13.2. The Morgan fingerprint density at radius 3 is 2.46 bits per heavy atom. The Balaban J connectivity index is 1.18. The Morgan fingerprint density at radius 1 is 1.00 bits per heavy atom. The summed E-state index contributed by atoms with van der Waals surface area (Å²) in [6.45, 7) is -0.726. The maximum Gasteiger partial charge on any atom is 0.472 e. The number of H-pyrrole nitrogens is 1. The van der Waals surface area contributed by atoms with E-state index >= 15 is 0 Å². The molecular formula is C24H32N9O12P. The number of ether oxygens (including phenoxy) is 3. The van der Waals surface area contributed by atoms with Gasteiger partial charge in [0.15, 0.2) is 29.3 Å². The Bertz CT molecular complexity index is 1800. The number of aliphatic hydroxyl groups excluding tert-OH is 4. The zero-order chi connectivity index (χ0) is 32.7. The molecule has 2 aliphatic rings. The first-order chi connectivity index (χ1) is 22.0. The van der Waals surface area contributed by atoms with E-state index in [1.165, 1.54) is 21.8 Å². The second kappa shape index (κ2) is 13.0. The van der Waals surface area contributed by atoms with Crippen LogP contribution in [0.15, 0.2) is 23.8 Å². The normalized spacial score (nSPS) is 29.6. The number of nitrogens with two attached hydrogens (primary N) is 1. The molecule has 6 heterocycles. The van der Waals surface area contributed by atoms with E-state index in [1.807, 2.05) is 0 Å². The first-order valence-corrected chi connectivity index (χ1v) is 15.5. The number of aromatic amines is 1. The Hall–Kier alpha value is -3.47. The molecule has 4 aromatic rings. The minimum atomic E-state index is -5.05. The van der Waals surface area contributed by atoms with Crippen molar-refractivity contribution in [1.82, 2.24) is 39.0 Å². The molecule has 9 atom stereocenters. The molecule has 6 rings (SSSR count). The Labute approximate surface area is 258 Å². The number of nitrogen functional groups attached to an aromatic ring is 1. The van der Waals surface area contributed by atoms with Gasteiger partial charge in [-0.1, -0.05) is 0 Å². The third-order valence-corrected chi connectivity index (χ3v) is 8.68. The summed E-state index contributed by atoms with van der Waals surface area (Å²) in [5, 5.41) is 41.9. The van der Waals surface area contributed by atoms with Gasteiger partial charge in [-0.25, -0.2) is 24.5 Å². The van der Waals surface area contributed by atoms with Crippen LogP contribution in [-0.4, -0.2) is 128 Å². The smallest absolute Gasteiger partial charge is 0.396 e. The van der Waals surface area contributed by atoms with Crippen molar-refractivity contribution in [3.63, 3.8) is 0 Å². The summed E-state index contributed by atoms with van der Waals surface area (Å²) in [7, 11) is -3.50. The highest BCUT2D eigenvalue weighted by Gasteiger charge is 2.50. The number of phosphoric ester groups is 1. The lowest BCUT2D eigenvalue weighted by molar-refractivity contribution is -0.0601. The SMILES string of the molecule is COCCc1ncnc2c1ncn2[C@@H]1O[C@H](COP(=O)(O)O[C@@H]2[C@H](O)[C@@H](CCO)O[C@H]2n2cnc3c(=O)[nH]c(N)nc32)[C@@H](O)[C@H]1O. The second-order valence-electron chi connectivity index (χ2n) is 10.6. The van der Waals surface area contributed by atoms with Crippen LogP contribution < -0.4 is 11.3 Å². The van der Waals surface area contributed by atoms with Crippen LogP contribution in [0.3, 0.4) is 0 Å². The molecule has 46 heavy (non-hydrogen) atoms. The maximum absolute atomic E-state index is 13.2. The number of nitrogens with zero attached hydrogens (tertiary/aromatic N) is 7. The number of methoxy groups -OCH3 is 1.